The molecule has 16 nitrogen and oxygen atoms in total. The number of benzene rings is 1. The summed E-state index contributed by atoms with van der Waals surface area (Å²) < 4.78 is 48.6. The molecule has 1 aliphatic carbocycles. The van der Waals surface area contributed by atoms with E-state index in [1.54, 1.807) is 38.1 Å². The van der Waals surface area contributed by atoms with Gasteiger partial charge in [0.25, 0.3) is 0 Å². The van der Waals surface area contributed by atoms with Crippen LogP contribution in [0.2, 0.25) is 0 Å². The number of rotatable bonds is 11. The molecule has 2 fully saturated rings. The molecule has 0 spiro atoms. The largest absolute Gasteiger partial charge is 0.511 e. The SMILES string of the molecule is COc1nc(N)nc2c1ncn2C1OC2C(OP(=O)(NCc3ccccc3)OC(C)(C)OC(=O)OC(C)C)C2(O)C1(C)O. The third-order valence-electron chi connectivity index (χ3n) is 7.03. The highest BCUT2D eigenvalue weighted by Crippen LogP contribution is 2.65. The van der Waals surface area contributed by atoms with E-state index in [2.05, 4.69) is 20.0 Å². The number of carbonyl (C=O) groups excluding carboxylic acids is 1. The molecular weight excluding hydrogens is 587 g/mol. The minimum absolute atomic E-state index is 0.0321. The highest BCUT2D eigenvalue weighted by molar-refractivity contribution is 7.51. The highest BCUT2D eigenvalue weighted by Gasteiger charge is 2.84. The van der Waals surface area contributed by atoms with Crippen molar-refractivity contribution in [2.24, 2.45) is 0 Å². The Balaban J connectivity index is 1.38. The van der Waals surface area contributed by atoms with Gasteiger partial charge in [0.05, 0.1) is 19.5 Å². The fourth-order valence-electron chi connectivity index (χ4n) is 4.98. The second-order valence-electron chi connectivity index (χ2n) is 11.2. The fourth-order valence-corrected chi connectivity index (χ4v) is 6.72. The van der Waals surface area contributed by atoms with Crippen LogP contribution in [0.25, 0.3) is 11.2 Å². The zero-order valence-electron chi connectivity index (χ0n) is 24.5. The number of methoxy groups -OCH3 is 1. The Morgan fingerprint density at radius 1 is 1.26 bits per heavy atom. The quantitative estimate of drug-likeness (QED) is 0.137. The molecular formula is C26H35N6O10P. The minimum atomic E-state index is -4.39. The lowest BCUT2D eigenvalue weighted by molar-refractivity contribution is -0.163. The van der Waals surface area contributed by atoms with E-state index in [1.165, 1.54) is 38.8 Å². The van der Waals surface area contributed by atoms with Crippen LogP contribution in [-0.4, -0.2) is 78.3 Å². The highest BCUT2D eigenvalue weighted by atomic mass is 31.2. The minimum Gasteiger partial charge on any atom is -0.479 e. The second-order valence-corrected chi connectivity index (χ2v) is 12.9. The number of hydrogen-bond acceptors (Lipinski definition) is 14. The molecule has 1 saturated carbocycles. The maximum Gasteiger partial charge on any atom is 0.511 e. The first-order chi connectivity index (χ1) is 20.1. The molecule has 5 N–H and O–H groups in total. The van der Waals surface area contributed by atoms with Crippen molar-refractivity contribution in [2.75, 3.05) is 12.8 Å². The van der Waals surface area contributed by atoms with Gasteiger partial charge in [-0.25, -0.2) is 19.4 Å². The average Bonchev–Trinajstić information content (AvgIpc) is 3.16. The van der Waals surface area contributed by atoms with Crippen molar-refractivity contribution in [2.45, 2.75) is 82.7 Å². The van der Waals surface area contributed by atoms with Gasteiger partial charge in [0, 0.05) is 20.4 Å². The van der Waals surface area contributed by atoms with E-state index in [9.17, 15) is 19.6 Å². The summed E-state index contributed by atoms with van der Waals surface area (Å²) in [6.45, 7) is 7.36. The van der Waals surface area contributed by atoms with Gasteiger partial charge < -0.3 is 34.9 Å². The lowest BCUT2D eigenvalue weighted by atomic mass is 9.95. The zero-order valence-corrected chi connectivity index (χ0v) is 25.3. The van der Waals surface area contributed by atoms with Gasteiger partial charge in [-0.3, -0.25) is 13.6 Å². The molecule has 6 unspecified atom stereocenters. The topological polar surface area (TPSA) is 212 Å². The number of anilines is 1. The van der Waals surface area contributed by atoms with E-state index in [0.29, 0.717) is 0 Å². The summed E-state index contributed by atoms with van der Waals surface area (Å²) >= 11 is 0. The van der Waals surface area contributed by atoms with Gasteiger partial charge in [-0.2, -0.15) is 9.97 Å². The first-order valence-electron chi connectivity index (χ1n) is 13.4. The van der Waals surface area contributed by atoms with E-state index in [1.807, 2.05) is 6.07 Å². The molecule has 5 rings (SSSR count). The number of nitrogens with zero attached hydrogens (tertiary/aromatic N) is 4. The van der Waals surface area contributed by atoms with Crippen LogP contribution in [0.5, 0.6) is 5.88 Å². The number of nitrogens with one attached hydrogen (secondary N) is 1. The average molecular weight is 623 g/mol. The summed E-state index contributed by atoms with van der Waals surface area (Å²) in [6, 6.07) is 9.00. The summed E-state index contributed by atoms with van der Waals surface area (Å²) in [5, 5.41) is 26.0. The maximum atomic E-state index is 14.1. The van der Waals surface area contributed by atoms with Crippen molar-refractivity contribution in [3.8, 4) is 5.88 Å². The fraction of sp³-hybridized carbons (Fsp3) is 0.538. The van der Waals surface area contributed by atoms with Crippen molar-refractivity contribution in [1.29, 1.82) is 0 Å². The smallest absolute Gasteiger partial charge is 0.479 e. The van der Waals surface area contributed by atoms with E-state index < -0.39 is 55.4 Å². The molecule has 0 radical (unpaired) electrons. The predicted octanol–water partition coefficient (Wildman–Crippen LogP) is 2.41. The van der Waals surface area contributed by atoms with Gasteiger partial charge >= 0.3 is 13.9 Å². The Labute approximate surface area is 247 Å². The van der Waals surface area contributed by atoms with E-state index in [0.717, 1.165) is 5.56 Å². The predicted molar refractivity (Wildman–Crippen MR) is 149 cm³/mol. The number of aliphatic hydroxyl groups is 2. The summed E-state index contributed by atoms with van der Waals surface area (Å²) in [7, 11) is -2.99. The number of aromatic nitrogens is 4. The number of carbonyl (C=O) groups is 1. The van der Waals surface area contributed by atoms with E-state index in [4.69, 9.17) is 33.7 Å². The Hall–Kier alpha value is -3.37. The molecule has 17 heteroatoms. The first-order valence-corrected chi connectivity index (χ1v) is 15.0. The Morgan fingerprint density at radius 2 is 1.95 bits per heavy atom. The Bertz CT molecular complexity index is 1550. The summed E-state index contributed by atoms with van der Waals surface area (Å²) in [5.41, 5.74) is 2.97. The summed E-state index contributed by atoms with van der Waals surface area (Å²) in [4.78, 5) is 24.6. The maximum absolute atomic E-state index is 14.1. The molecule has 1 aromatic carbocycles. The van der Waals surface area contributed by atoms with Crippen molar-refractivity contribution >= 4 is 31.0 Å². The summed E-state index contributed by atoms with van der Waals surface area (Å²) in [6.07, 6.45) is -3.82. The Kier molecular flexibility index (Phi) is 7.92. The second kappa shape index (κ2) is 11.0. The molecule has 234 valence electrons. The standard InChI is InChI=1S/C26H35N6O10P/c1-14(2)38-23(33)40-24(3,4)42-43(36,29-12-15-10-8-7-9-11-15)41-18-17-26(18,35)25(5,34)21(39-17)32-13-28-16-19(32)30-22(27)31-20(16)37-6/h7-11,13-14,17-18,21,34-35H,12H2,1-6H3,(H,29,36)(H2,27,30,31). The van der Waals surface area contributed by atoms with Gasteiger partial charge in [0.15, 0.2) is 23.0 Å². The zero-order chi connectivity index (χ0) is 31.4. The van der Waals surface area contributed by atoms with Gasteiger partial charge in [0.1, 0.15) is 17.8 Å². The molecule has 43 heavy (non-hydrogen) atoms. The number of fused-ring (bicyclic) bond motifs is 2. The van der Waals surface area contributed by atoms with Crippen molar-refractivity contribution in [3.05, 3.63) is 42.2 Å². The normalized spacial score (nSPS) is 28.0. The van der Waals surface area contributed by atoms with Crippen LogP contribution in [0.3, 0.4) is 0 Å². The van der Waals surface area contributed by atoms with E-state index >= 15 is 0 Å². The van der Waals surface area contributed by atoms with E-state index in [-0.39, 0.29) is 29.5 Å². The van der Waals surface area contributed by atoms with Gasteiger partial charge in [-0.1, -0.05) is 30.3 Å². The summed E-state index contributed by atoms with van der Waals surface area (Å²) in [5.74, 6) is -1.77. The van der Waals surface area contributed by atoms with Crippen LogP contribution in [0.4, 0.5) is 10.7 Å². The molecule has 0 amide bonds. The molecule has 0 bridgehead atoms. The van der Waals surface area contributed by atoms with Crippen LogP contribution < -0.4 is 15.6 Å². The molecule has 1 aliphatic heterocycles. The van der Waals surface area contributed by atoms with Crippen molar-refractivity contribution in [3.63, 3.8) is 0 Å². The first kappa shape index (κ1) is 31.1. The molecule has 6 atom stereocenters. The molecule has 2 aromatic heterocycles. The number of nitrogens with two attached hydrogens (primary N) is 1. The van der Waals surface area contributed by atoms with Crippen molar-refractivity contribution in [1.82, 2.24) is 24.6 Å². The Morgan fingerprint density at radius 3 is 2.56 bits per heavy atom. The van der Waals surface area contributed by atoms with Gasteiger partial charge in [-0.15, -0.1) is 0 Å². The number of imidazole rings is 1. The molecule has 2 aliphatic rings. The van der Waals surface area contributed by atoms with Crippen LogP contribution in [0.15, 0.2) is 36.7 Å². The molecule has 3 heterocycles. The number of ether oxygens (including phenoxy) is 4. The van der Waals surface area contributed by atoms with Crippen LogP contribution in [0, 0.1) is 0 Å². The van der Waals surface area contributed by atoms with Crippen LogP contribution in [0.1, 0.15) is 46.4 Å². The van der Waals surface area contributed by atoms with Gasteiger partial charge in [-0.05, 0) is 26.3 Å². The number of hydrogen-bond donors (Lipinski definition) is 4. The van der Waals surface area contributed by atoms with Crippen LogP contribution >= 0.6 is 7.75 Å². The third-order valence-corrected chi connectivity index (χ3v) is 8.76. The van der Waals surface area contributed by atoms with Gasteiger partial charge in [0.2, 0.25) is 17.6 Å². The molecule has 3 aromatic rings. The van der Waals surface area contributed by atoms with Crippen molar-refractivity contribution < 1.29 is 47.6 Å². The molecule has 1 saturated heterocycles. The third kappa shape index (κ3) is 5.79. The lowest BCUT2D eigenvalue weighted by Gasteiger charge is -2.34. The lowest BCUT2D eigenvalue weighted by Crippen LogP contribution is -2.49. The number of nitrogen functional groups attached to an aromatic ring is 1. The van der Waals surface area contributed by atoms with Crippen LogP contribution in [-0.2, 0) is 34.4 Å². The monoisotopic (exact) mass is 622 g/mol.